The molecule has 47 heavy (non-hydrogen) atoms. The van der Waals surface area contributed by atoms with E-state index in [0.717, 1.165) is 38.6 Å². The molecule has 0 saturated heterocycles. The first-order chi connectivity index (χ1) is 23.3. The van der Waals surface area contributed by atoms with Crippen molar-refractivity contribution < 1.29 is 4.42 Å². The number of nitrogens with zero attached hydrogens (tertiary/aromatic N) is 4. The van der Waals surface area contributed by atoms with Crippen molar-refractivity contribution in [3.8, 4) is 45.3 Å². The molecule has 2 aliphatic rings. The van der Waals surface area contributed by atoms with Crippen LogP contribution in [0.4, 0.5) is 0 Å². The van der Waals surface area contributed by atoms with Gasteiger partial charge < -0.3 is 4.42 Å². The van der Waals surface area contributed by atoms with Crippen LogP contribution in [-0.2, 0) is 0 Å². The van der Waals surface area contributed by atoms with Crippen molar-refractivity contribution in [1.29, 1.82) is 0 Å². The Morgan fingerprint density at radius 1 is 0.489 bits per heavy atom. The summed E-state index contributed by atoms with van der Waals surface area (Å²) in [6, 6.07) is 39.8. The van der Waals surface area contributed by atoms with Crippen LogP contribution in [-0.4, -0.2) is 19.9 Å². The molecule has 5 heteroatoms. The minimum absolute atomic E-state index is 0.400. The van der Waals surface area contributed by atoms with Crippen LogP contribution >= 0.6 is 0 Å². The number of furan rings is 1. The maximum atomic E-state index is 6.45. The van der Waals surface area contributed by atoms with E-state index in [1.54, 1.807) is 6.20 Å². The lowest BCUT2D eigenvalue weighted by atomic mass is 9.86. The number of benzene rings is 5. The van der Waals surface area contributed by atoms with Crippen LogP contribution in [0.25, 0.3) is 78.1 Å². The minimum atomic E-state index is 0.400. The van der Waals surface area contributed by atoms with Gasteiger partial charge in [-0.05, 0) is 51.2 Å². The van der Waals surface area contributed by atoms with Gasteiger partial charge in [-0.25, -0.2) is 19.9 Å². The van der Waals surface area contributed by atoms with Gasteiger partial charge in [-0.3, -0.25) is 0 Å². The highest BCUT2D eigenvalue weighted by Crippen LogP contribution is 2.51. The van der Waals surface area contributed by atoms with Crippen LogP contribution < -0.4 is 0 Å². The molecule has 2 atom stereocenters. The maximum absolute atomic E-state index is 6.45. The molecule has 8 aromatic rings. The molecule has 220 valence electrons. The Morgan fingerprint density at radius 3 is 1.89 bits per heavy atom. The lowest BCUT2D eigenvalue weighted by Gasteiger charge is -2.17. The smallest absolute Gasteiger partial charge is 0.228 e. The van der Waals surface area contributed by atoms with Gasteiger partial charge in [0.2, 0.25) is 5.71 Å². The SMILES string of the molecule is C1=CC2c3cccc4c(-c5ccc6c(c5)oc5nccc(-c7nc(-c8ccccc8)nc(-c8ccccc8)n7)c56)ccc(c34)C2C=C1. The van der Waals surface area contributed by atoms with E-state index in [1.165, 1.54) is 27.5 Å². The third-order valence-corrected chi connectivity index (χ3v) is 9.58. The predicted octanol–water partition coefficient (Wildman–Crippen LogP) is 10.3. The summed E-state index contributed by atoms with van der Waals surface area (Å²) in [7, 11) is 0. The first kappa shape index (κ1) is 26.1. The average Bonchev–Trinajstić information content (AvgIpc) is 3.69. The molecule has 0 aliphatic heterocycles. The Balaban J connectivity index is 1.14. The molecule has 0 spiro atoms. The third kappa shape index (κ3) is 4.03. The van der Waals surface area contributed by atoms with Crippen LogP contribution in [0.2, 0.25) is 0 Å². The molecule has 0 radical (unpaired) electrons. The fourth-order valence-corrected chi connectivity index (χ4v) is 7.45. The van der Waals surface area contributed by atoms with Gasteiger partial charge in [0.25, 0.3) is 0 Å². The largest absolute Gasteiger partial charge is 0.438 e. The summed E-state index contributed by atoms with van der Waals surface area (Å²) >= 11 is 0. The Hall–Kier alpha value is -6.20. The molecule has 0 amide bonds. The summed E-state index contributed by atoms with van der Waals surface area (Å²) in [5.74, 6) is 2.61. The van der Waals surface area contributed by atoms with Gasteiger partial charge in [0.05, 0.1) is 5.39 Å². The highest BCUT2D eigenvalue weighted by Gasteiger charge is 2.32. The van der Waals surface area contributed by atoms with Gasteiger partial charge in [0.1, 0.15) is 5.58 Å². The number of fused-ring (bicyclic) bond motifs is 6. The van der Waals surface area contributed by atoms with Crippen LogP contribution in [0, 0.1) is 0 Å². The van der Waals surface area contributed by atoms with Crippen molar-refractivity contribution in [2.24, 2.45) is 0 Å². The number of allylic oxidation sites excluding steroid dienone is 4. The second kappa shape index (κ2) is 10.2. The van der Waals surface area contributed by atoms with Gasteiger partial charge in [0.15, 0.2) is 17.5 Å². The Labute approximate surface area is 270 Å². The minimum Gasteiger partial charge on any atom is -0.438 e. The van der Waals surface area contributed by atoms with Crippen molar-refractivity contribution in [2.75, 3.05) is 0 Å². The van der Waals surface area contributed by atoms with E-state index in [-0.39, 0.29) is 0 Å². The molecular weight excluding hydrogens is 576 g/mol. The molecule has 2 aliphatic carbocycles. The molecule has 0 fully saturated rings. The number of rotatable bonds is 4. The Kier molecular flexibility index (Phi) is 5.63. The van der Waals surface area contributed by atoms with Crippen LogP contribution in [0.1, 0.15) is 23.0 Å². The normalized spacial score (nSPS) is 16.3. The summed E-state index contributed by atoms with van der Waals surface area (Å²) in [6.07, 6.45) is 10.8. The number of hydrogen-bond donors (Lipinski definition) is 0. The topological polar surface area (TPSA) is 64.7 Å². The molecule has 5 aromatic carbocycles. The van der Waals surface area contributed by atoms with E-state index in [2.05, 4.69) is 77.8 Å². The fraction of sp³-hybridized carbons (Fsp3) is 0.0476. The summed E-state index contributed by atoms with van der Waals surface area (Å²) in [5, 5.41) is 4.52. The van der Waals surface area contributed by atoms with Crippen LogP contribution in [0.3, 0.4) is 0 Å². The van der Waals surface area contributed by atoms with E-state index < -0.39 is 0 Å². The molecule has 10 rings (SSSR count). The third-order valence-electron chi connectivity index (χ3n) is 9.58. The van der Waals surface area contributed by atoms with Gasteiger partial charge >= 0.3 is 0 Å². The monoisotopic (exact) mass is 602 g/mol. The summed E-state index contributed by atoms with van der Waals surface area (Å²) in [5.41, 5.74) is 9.17. The molecule has 0 saturated carbocycles. The predicted molar refractivity (Wildman–Crippen MR) is 188 cm³/mol. The zero-order valence-electron chi connectivity index (χ0n) is 25.2. The molecule has 3 aromatic heterocycles. The molecule has 0 bridgehead atoms. The molecule has 2 unspecified atom stereocenters. The van der Waals surface area contributed by atoms with Crippen LogP contribution in [0.5, 0.6) is 0 Å². The van der Waals surface area contributed by atoms with Crippen LogP contribution in [0.15, 0.2) is 150 Å². The Morgan fingerprint density at radius 2 is 1.17 bits per heavy atom. The quantitative estimate of drug-likeness (QED) is 0.201. The first-order valence-corrected chi connectivity index (χ1v) is 15.9. The zero-order valence-corrected chi connectivity index (χ0v) is 25.2. The van der Waals surface area contributed by atoms with E-state index >= 15 is 0 Å². The number of aromatic nitrogens is 4. The summed E-state index contributed by atoms with van der Waals surface area (Å²) in [6.45, 7) is 0. The standard InChI is InChI=1S/C42H26N4O/c1-3-10-25(11-4-1)39-44-40(26-12-5-2-6-13-26)46-41(45-39)35-22-23-43-42-38(35)34-19-18-27(24-36(34)47-42)28-20-21-33-30-15-8-7-14-29(30)32-17-9-16-31(28)37(32)33/h1-24,29-30H. The summed E-state index contributed by atoms with van der Waals surface area (Å²) < 4.78 is 6.45. The van der Waals surface area contributed by atoms with E-state index in [0.29, 0.717) is 35.0 Å². The molecule has 3 heterocycles. The fourth-order valence-electron chi connectivity index (χ4n) is 7.45. The van der Waals surface area contributed by atoms with Gasteiger partial charge in [-0.1, -0.05) is 121 Å². The second-order valence-corrected chi connectivity index (χ2v) is 12.2. The maximum Gasteiger partial charge on any atom is 0.228 e. The van der Waals surface area contributed by atoms with Crippen molar-refractivity contribution >= 4 is 32.8 Å². The number of hydrogen-bond acceptors (Lipinski definition) is 5. The van der Waals surface area contributed by atoms with Crippen molar-refractivity contribution in [2.45, 2.75) is 11.8 Å². The molecular formula is C42H26N4O. The highest BCUT2D eigenvalue weighted by atomic mass is 16.3. The Bertz CT molecular complexity index is 2500. The van der Waals surface area contributed by atoms with Crippen molar-refractivity contribution in [1.82, 2.24) is 19.9 Å². The zero-order chi connectivity index (χ0) is 30.9. The highest BCUT2D eigenvalue weighted by molar-refractivity contribution is 6.12. The second-order valence-electron chi connectivity index (χ2n) is 12.2. The van der Waals surface area contributed by atoms with Gasteiger partial charge in [0, 0.05) is 40.1 Å². The number of pyridine rings is 1. The van der Waals surface area contributed by atoms with Crippen molar-refractivity contribution in [3.63, 3.8) is 0 Å². The van der Waals surface area contributed by atoms with E-state index in [9.17, 15) is 0 Å². The van der Waals surface area contributed by atoms with Gasteiger partial charge in [-0.15, -0.1) is 0 Å². The lowest BCUT2D eigenvalue weighted by molar-refractivity contribution is 0.654. The average molecular weight is 603 g/mol. The molecule has 5 nitrogen and oxygen atoms in total. The van der Waals surface area contributed by atoms with Crippen molar-refractivity contribution in [3.05, 3.63) is 157 Å². The van der Waals surface area contributed by atoms with E-state index in [4.69, 9.17) is 19.4 Å². The van der Waals surface area contributed by atoms with Gasteiger partial charge in [-0.2, -0.15) is 0 Å². The van der Waals surface area contributed by atoms with E-state index in [1.807, 2.05) is 66.7 Å². The molecule has 0 N–H and O–H groups in total. The first-order valence-electron chi connectivity index (χ1n) is 15.9. The summed E-state index contributed by atoms with van der Waals surface area (Å²) in [4.78, 5) is 19.5. The lowest BCUT2D eigenvalue weighted by Crippen LogP contribution is -2.01.